The second kappa shape index (κ2) is 6.86. The number of para-hydroxylation sites is 1. The normalized spacial score (nSPS) is 10.7. The highest BCUT2D eigenvalue weighted by molar-refractivity contribution is 7.11. The number of hydrogen-bond acceptors (Lipinski definition) is 4. The molecule has 4 nitrogen and oxygen atoms in total. The molecule has 0 aliphatic rings. The van der Waals surface area contributed by atoms with Crippen molar-refractivity contribution in [1.82, 2.24) is 5.43 Å². The summed E-state index contributed by atoms with van der Waals surface area (Å²) in [5, 5.41) is 5.90. The third kappa shape index (κ3) is 3.93. The topological polar surface area (TPSA) is 50.7 Å². The molecule has 1 N–H and O–H groups in total. The molecule has 0 aliphatic carbocycles. The van der Waals surface area contributed by atoms with Gasteiger partial charge in [0.05, 0.1) is 6.21 Å². The monoisotopic (exact) mass is 288 g/mol. The van der Waals surface area contributed by atoms with Gasteiger partial charge in [-0.3, -0.25) is 4.79 Å². The van der Waals surface area contributed by atoms with Gasteiger partial charge in [-0.1, -0.05) is 18.2 Å². The molecule has 1 heterocycles. The van der Waals surface area contributed by atoms with Gasteiger partial charge in [0.2, 0.25) is 0 Å². The summed E-state index contributed by atoms with van der Waals surface area (Å²) < 4.78 is 5.43. The highest BCUT2D eigenvalue weighted by Gasteiger charge is 2.03. The first kappa shape index (κ1) is 14.3. The fraction of sp³-hybridized carbons (Fsp3) is 0.200. The van der Waals surface area contributed by atoms with E-state index < -0.39 is 0 Å². The number of hydrogen-bond donors (Lipinski definition) is 1. The van der Waals surface area contributed by atoms with Crippen molar-refractivity contribution in [2.45, 2.75) is 13.8 Å². The second-order valence-corrected chi connectivity index (χ2v) is 5.26. The SMILES string of the molecule is Cc1ccccc1OCC(=O)NN=Cc1sccc1C. The Hall–Kier alpha value is -2.14. The zero-order valence-electron chi connectivity index (χ0n) is 11.4. The predicted molar refractivity (Wildman–Crippen MR) is 81.5 cm³/mol. The van der Waals surface area contributed by atoms with Crippen LogP contribution in [0.2, 0.25) is 0 Å². The molecule has 1 amide bonds. The fourth-order valence-electron chi connectivity index (χ4n) is 1.57. The molecule has 0 radical (unpaired) electrons. The lowest BCUT2D eigenvalue weighted by Crippen LogP contribution is -2.24. The van der Waals surface area contributed by atoms with Gasteiger partial charge < -0.3 is 4.74 Å². The van der Waals surface area contributed by atoms with E-state index in [0.717, 1.165) is 16.0 Å². The molecule has 0 atom stereocenters. The summed E-state index contributed by atoms with van der Waals surface area (Å²) in [5.74, 6) is 0.430. The van der Waals surface area contributed by atoms with Gasteiger partial charge in [0.15, 0.2) is 6.61 Å². The van der Waals surface area contributed by atoms with Crippen molar-refractivity contribution in [2.75, 3.05) is 6.61 Å². The minimum Gasteiger partial charge on any atom is -0.483 e. The van der Waals surface area contributed by atoms with E-state index in [4.69, 9.17) is 4.74 Å². The van der Waals surface area contributed by atoms with Gasteiger partial charge in [0, 0.05) is 4.88 Å². The molecule has 0 saturated carbocycles. The largest absolute Gasteiger partial charge is 0.483 e. The summed E-state index contributed by atoms with van der Waals surface area (Å²) in [6.07, 6.45) is 1.64. The Morgan fingerprint density at radius 1 is 1.30 bits per heavy atom. The molecule has 5 heteroatoms. The first-order valence-electron chi connectivity index (χ1n) is 6.21. The van der Waals surface area contributed by atoms with E-state index >= 15 is 0 Å². The molecule has 0 bridgehead atoms. The Labute approximate surface area is 122 Å². The molecule has 2 aromatic rings. The van der Waals surface area contributed by atoms with Gasteiger partial charge in [0.25, 0.3) is 5.91 Å². The molecule has 20 heavy (non-hydrogen) atoms. The van der Waals surface area contributed by atoms with Gasteiger partial charge in [0.1, 0.15) is 5.75 Å². The zero-order chi connectivity index (χ0) is 14.4. The first-order valence-corrected chi connectivity index (χ1v) is 7.09. The Bertz CT molecular complexity index is 620. The summed E-state index contributed by atoms with van der Waals surface area (Å²) in [7, 11) is 0. The first-order chi connectivity index (χ1) is 9.66. The molecule has 1 aromatic carbocycles. The number of benzene rings is 1. The summed E-state index contributed by atoms with van der Waals surface area (Å²) in [6.45, 7) is 3.89. The number of nitrogens with zero attached hydrogens (tertiary/aromatic N) is 1. The number of rotatable bonds is 5. The Morgan fingerprint density at radius 3 is 2.80 bits per heavy atom. The van der Waals surface area contributed by atoms with Crippen molar-refractivity contribution in [3.63, 3.8) is 0 Å². The van der Waals surface area contributed by atoms with Crippen LogP contribution < -0.4 is 10.2 Å². The smallest absolute Gasteiger partial charge is 0.277 e. The average Bonchev–Trinajstić information content (AvgIpc) is 2.84. The Kier molecular flexibility index (Phi) is 4.90. The minimum absolute atomic E-state index is 0.0500. The van der Waals surface area contributed by atoms with Crippen molar-refractivity contribution in [2.24, 2.45) is 5.10 Å². The van der Waals surface area contributed by atoms with Crippen molar-refractivity contribution < 1.29 is 9.53 Å². The van der Waals surface area contributed by atoms with Crippen LogP contribution in [0.1, 0.15) is 16.0 Å². The van der Waals surface area contributed by atoms with Crippen LogP contribution in [0.25, 0.3) is 0 Å². The maximum absolute atomic E-state index is 11.6. The molecule has 0 saturated heterocycles. The molecule has 0 spiro atoms. The molecule has 2 rings (SSSR count). The van der Waals surface area contributed by atoms with Gasteiger partial charge in [-0.2, -0.15) is 5.10 Å². The van der Waals surface area contributed by atoms with Gasteiger partial charge in [-0.05, 0) is 42.5 Å². The molecule has 104 valence electrons. The molecular weight excluding hydrogens is 272 g/mol. The fourth-order valence-corrected chi connectivity index (χ4v) is 2.36. The third-order valence-electron chi connectivity index (χ3n) is 2.73. The van der Waals surface area contributed by atoms with Crippen molar-refractivity contribution in [3.8, 4) is 5.75 Å². The lowest BCUT2D eigenvalue weighted by molar-refractivity contribution is -0.123. The van der Waals surface area contributed by atoms with Crippen LogP contribution in [0.15, 0.2) is 40.8 Å². The van der Waals surface area contributed by atoms with E-state index in [1.54, 1.807) is 17.6 Å². The maximum Gasteiger partial charge on any atom is 0.277 e. The van der Waals surface area contributed by atoms with Crippen molar-refractivity contribution >= 4 is 23.5 Å². The predicted octanol–water partition coefficient (Wildman–Crippen LogP) is 2.89. The summed E-state index contributed by atoms with van der Waals surface area (Å²) >= 11 is 1.58. The lowest BCUT2D eigenvalue weighted by atomic mass is 10.2. The number of thiophene rings is 1. The van der Waals surface area contributed by atoms with E-state index in [1.165, 1.54) is 0 Å². The standard InChI is InChI=1S/C15H16N2O2S/c1-11-5-3-4-6-13(11)19-10-15(18)17-16-9-14-12(2)7-8-20-14/h3-9H,10H2,1-2H3,(H,17,18). The highest BCUT2D eigenvalue weighted by Crippen LogP contribution is 2.15. The number of hydrazone groups is 1. The van der Waals surface area contributed by atoms with Crippen LogP contribution in [0.5, 0.6) is 5.75 Å². The number of nitrogens with one attached hydrogen (secondary N) is 1. The van der Waals surface area contributed by atoms with E-state index in [-0.39, 0.29) is 12.5 Å². The average molecular weight is 288 g/mol. The van der Waals surface area contributed by atoms with E-state index in [1.807, 2.05) is 49.6 Å². The van der Waals surface area contributed by atoms with Crippen LogP contribution in [-0.2, 0) is 4.79 Å². The van der Waals surface area contributed by atoms with E-state index in [9.17, 15) is 4.79 Å². The van der Waals surface area contributed by atoms with Gasteiger partial charge in [-0.15, -0.1) is 11.3 Å². The molecule has 0 unspecified atom stereocenters. The molecular formula is C15H16N2O2S. The Balaban J connectivity index is 1.80. The second-order valence-electron chi connectivity index (χ2n) is 4.32. The number of carbonyl (C=O) groups excluding carboxylic acids is 1. The molecule has 0 aliphatic heterocycles. The number of aryl methyl sites for hydroxylation is 2. The van der Waals surface area contributed by atoms with Crippen molar-refractivity contribution in [1.29, 1.82) is 0 Å². The molecule has 0 fully saturated rings. The third-order valence-corrected chi connectivity index (χ3v) is 3.68. The van der Waals surface area contributed by atoms with Crippen LogP contribution in [0.3, 0.4) is 0 Å². The lowest BCUT2D eigenvalue weighted by Gasteiger charge is -2.07. The quantitative estimate of drug-likeness (QED) is 0.679. The van der Waals surface area contributed by atoms with Gasteiger partial charge >= 0.3 is 0 Å². The molecule has 1 aromatic heterocycles. The minimum atomic E-state index is -0.279. The van der Waals surface area contributed by atoms with Crippen LogP contribution >= 0.6 is 11.3 Å². The number of amides is 1. The van der Waals surface area contributed by atoms with Crippen LogP contribution in [0, 0.1) is 13.8 Å². The van der Waals surface area contributed by atoms with E-state index in [0.29, 0.717) is 5.75 Å². The van der Waals surface area contributed by atoms with Crippen LogP contribution in [-0.4, -0.2) is 18.7 Å². The number of ether oxygens (including phenoxy) is 1. The highest BCUT2D eigenvalue weighted by atomic mass is 32.1. The Morgan fingerprint density at radius 2 is 2.10 bits per heavy atom. The summed E-state index contributed by atoms with van der Waals surface area (Å²) in [6, 6.07) is 9.58. The number of carbonyl (C=O) groups is 1. The van der Waals surface area contributed by atoms with Crippen molar-refractivity contribution in [3.05, 3.63) is 51.7 Å². The summed E-state index contributed by atoms with van der Waals surface area (Å²) in [5.41, 5.74) is 4.59. The maximum atomic E-state index is 11.6. The van der Waals surface area contributed by atoms with Gasteiger partial charge in [-0.25, -0.2) is 5.43 Å². The van der Waals surface area contributed by atoms with E-state index in [2.05, 4.69) is 10.5 Å². The van der Waals surface area contributed by atoms with Crippen LogP contribution in [0.4, 0.5) is 0 Å². The summed E-state index contributed by atoms with van der Waals surface area (Å²) in [4.78, 5) is 12.6. The zero-order valence-corrected chi connectivity index (χ0v) is 12.2.